The number of hydrogen-bond donors (Lipinski definition) is 0. The number of nitrogens with zero attached hydrogens (tertiary/aromatic N) is 1. The van der Waals surface area contributed by atoms with Gasteiger partial charge in [-0.15, -0.1) is 11.3 Å². The van der Waals surface area contributed by atoms with Crippen LogP contribution in [0, 0.1) is 0 Å². The largest absolute Gasteiger partial charge is 0.550 e. The van der Waals surface area contributed by atoms with E-state index in [0.717, 1.165) is 4.88 Å². The van der Waals surface area contributed by atoms with Crippen LogP contribution < -0.4 is 5.11 Å². The minimum Gasteiger partial charge on any atom is -0.550 e. The Hall–Kier alpha value is -1.18. The molecule has 1 fully saturated rings. The molecular weight excluding hydrogens is 302 g/mol. The van der Waals surface area contributed by atoms with Crippen molar-refractivity contribution >= 4 is 57.6 Å². The molecule has 0 aliphatic carbocycles. The van der Waals surface area contributed by atoms with Crippen molar-refractivity contribution in [2.45, 2.75) is 12.8 Å². The summed E-state index contributed by atoms with van der Waals surface area (Å²) in [4.78, 5) is 25.5. The average molecular weight is 312 g/mol. The summed E-state index contributed by atoms with van der Waals surface area (Å²) in [5.41, 5.74) is 0. The smallest absolute Gasteiger partial charge is 0.266 e. The van der Waals surface area contributed by atoms with Crippen molar-refractivity contribution in [2.75, 3.05) is 6.54 Å². The zero-order chi connectivity index (χ0) is 13.8. The van der Waals surface area contributed by atoms with Gasteiger partial charge >= 0.3 is 0 Å². The Balaban J connectivity index is 2.02. The number of thiophene rings is 1. The summed E-state index contributed by atoms with van der Waals surface area (Å²) < 4.78 is 0.478. The number of amides is 1. The topological polar surface area (TPSA) is 60.4 Å². The maximum absolute atomic E-state index is 12.1. The van der Waals surface area contributed by atoms with E-state index in [4.69, 9.17) is 12.2 Å². The van der Waals surface area contributed by atoms with Crippen LogP contribution in [-0.2, 0) is 9.59 Å². The molecule has 1 aromatic rings. The molecule has 1 aliphatic heterocycles. The van der Waals surface area contributed by atoms with Gasteiger partial charge in [-0.3, -0.25) is 9.69 Å². The Morgan fingerprint density at radius 1 is 1.53 bits per heavy atom. The van der Waals surface area contributed by atoms with Crippen LogP contribution in [0.2, 0.25) is 0 Å². The van der Waals surface area contributed by atoms with E-state index in [1.807, 2.05) is 23.6 Å². The van der Waals surface area contributed by atoms with Gasteiger partial charge in [-0.1, -0.05) is 30.0 Å². The van der Waals surface area contributed by atoms with Crippen LogP contribution >= 0.6 is 35.3 Å². The zero-order valence-corrected chi connectivity index (χ0v) is 12.3. The highest BCUT2D eigenvalue weighted by Crippen LogP contribution is 2.33. The third-order valence-electron chi connectivity index (χ3n) is 2.45. The van der Waals surface area contributed by atoms with Crippen molar-refractivity contribution in [3.05, 3.63) is 27.3 Å². The minimum atomic E-state index is -1.11. The van der Waals surface area contributed by atoms with Crippen LogP contribution in [-0.4, -0.2) is 27.6 Å². The van der Waals surface area contributed by atoms with E-state index in [9.17, 15) is 14.7 Å². The summed E-state index contributed by atoms with van der Waals surface area (Å²) in [6, 6.07) is 3.84. The summed E-state index contributed by atoms with van der Waals surface area (Å²) >= 11 is 7.93. The summed E-state index contributed by atoms with van der Waals surface area (Å²) in [7, 11) is 0. The first-order valence-corrected chi connectivity index (χ1v) is 7.67. The molecule has 0 saturated carbocycles. The monoisotopic (exact) mass is 312 g/mol. The lowest BCUT2D eigenvalue weighted by Gasteiger charge is -2.14. The summed E-state index contributed by atoms with van der Waals surface area (Å²) in [6.45, 7) is 0.320. The van der Waals surface area contributed by atoms with Gasteiger partial charge in [-0.2, -0.15) is 0 Å². The van der Waals surface area contributed by atoms with Crippen LogP contribution in [0.3, 0.4) is 0 Å². The molecule has 0 atom stereocenters. The van der Waals surface area contributed by atoms with E-state index in [0.29, 0.717) is 22.2 Å². The molecule has 1 aromatic heterocycles. The van der Waals surface area contributed by atoms with E-state index in [1.165, 1.54) is 16.7 Å². The number of carbonyl (C=O) groups excluding carboxylic acids is 2. The zero-order valence-electron chi connectivity index (χ0n) is 9.83. The molecule has 0 radical (unpaired) electrons. The number of hydrogen-bond acceptors (Lipinski definition) is 6. The molecule has 1 saturated heterocycles. The van der Waals surface area contributed by atoms with Crippen LogP contribution in [0.1, 0.15) is 17.7 Å². The Morgan fingerprint density at radius 2 is 2.32 bits per heavy atom. The first-order chi connectivity index (χ1) is 9.08. The SMILES string of the molecule is O=C([O-])CCCN1C(=O)C(=Cc2cccs2)SC1=S. The quantitative estimate of drug-likeness (QED) is 0.609. The standard InChI is InChI=1S/C12H11NO3S3/c14-10(15)4-1-5-13-11(16)9(19-12(13)17)7-8-3-2-6-18-8/h2-3,6-7H,1,4-5H2,(H,14,15)/p-1. The second-order valence-corrected chi connectivity index (χ2v) is 6.48. The molecule has 0 bridgehead atoms. The van der Waals surface area contributed by atoms with Crippen LogP contribution in [0.4, 0.5) is 0 Å². The van der Waals surface area contributed by atoms with Crippen molar-refractivity contribution in [1.82, 2.24) is 4.90 Å². The lowest BCUT2D eigenvalue weighted by molar-refractivity contribution is -0.305. The molecule has 2 heterocycles. The maximum Gasteiger partial charge on any atom is 0.266 e. The van der Waals surface area contributed by atoms with Crippen LogP contribution in [0.5, 0.6) is 0 Å². The van der Waals surface area contributed by atoms with Crippen molar-refractivity contribution < 1.29 is 14.7 Å². The van der Waals surface area contributed by atoms with Gasteiger partial charge in [-0.25, -0.2) is 0 Å². The molecule has 0 spiro atoms. The fourth-order valence-corrected chi connectivity index (χ4v) is 3.61. The molecule has 0 N–H and O–H groups in total. The second-order valence-electron chi connectivity index (χ2n) is 3.82. The van der Waals surface area contributed by atoms with Gasteiger partial charge in [0.15, 0.2) is 0 Å². The molecule has 2 rings (SSSR count). The lowest BCUT2D eigenvalue weighted by atomic mass is 10.3. The molecule has 0 aromatic carbocycles. The number of rotatable bonds is 5. The summed E-state index contributed by atoms with van der Waals surface area (Å²) in [5.74, 6) is -1.26. The Morgan fingerprint density at radius 3 is 2.95 bits per heavy atom. The fraction of sp³-hybridized carbons (Fsp3) is 0.250. The number of aliphatic carboxylic acids is 1. The molecule has 4 nitrogen and oxygen atoms in total. The van der Waals surface area contributed by atoms with Gasteiger partial charge < -0.3 is 9.90 Å². The van der Waals surface area contributed by atoms with Gasteiger partial charge in [0.2, 0.25) is 0 Å². The number of carbonyl (C=O) groups is 2. The van der Waals surface area contributed by atoms with Gasteiger partial charge in [0, 0.05) is 17.4 Å². The normalized spacial score (nSPS) is 17.5. The van der Waals surface area contributed by atoms with Gasteiger partial charge in [0.25, 0.3) is 5.91 Å². The first-order valence-electron chi connectivity index (χ1n) is 5.56. The molecule has 19 heavy (non-hydrogen) atoms. The van der Waals surface area contributed by atoms with Gasteiger partial charge in [-0.05, 0) is 30.4 Å². The van der Waals surface area contributed by atoms with E-state index < -0.39 is 5.97 Å². The molecule has 1 amide bonds. The maximum atomic E-state index is 12.1. The number of thioether (sulfide) groups is 1. The molecule has 1 aliphatic rings. The predicted octanol–water partition coefficient (Wildman–Crippen LogP) is 1.48. The summed E-state index contributed by atoms with van der Waals surface area (Å²) in [6.07, 6.45) is 2.09. The Kier molecular flexibility index (Phi) is 4.73. The molecule has 100 valence electrons. The van der Waals surface area contributed by atoms with Crippen molar-refractivity contribution in [3.63, 3.8) is 0 Å². The number of carboxylic acid groups (broad SMARTS) is 1. The van der Waals surface area contributed by atoms with Crippen molar-refractivity contribution in [3.8, 4) is 0 Å². The predicted molar refractivity (Wildman–Crippen MR) is 78.4 cm³/mol. The van der Waals surface area contributed by atoms with E-state index in [-0.39, 0.29) is 12.3 Å². The molecule has 0 unspecified atom stereocenters. The third kappa shape index (κ3) is 3.65. The Labute approximate surface area is 124 Å². The second kappa shape index (κ2) is 6.31. The van der Waals surface area contributed by atoms with Crippen molar-refractivity contribution in [1.29, 1.82) is 0 Å². The van der Waals surface area contributed by atoms with E-state index >= 15 is 0 Å². The first kappa shape index (κ1) is 14.2. The molecular formula is C12H10NO3S3-. The molecule has 7 heteroatoms. The van der Waals surface area contributed by atoms with E-state index in [1.54, 1.807) is 11.3 Å². The highest BCUT2D eigenvalue weighted by atomic mass is 32.2. The highest BCUT2D eigenvalue weighted by molar-refractivity contribution is 8.26. The lowest BCUT2D eigenvalue weighted by Crippen LogP contribution is -2.30. The number of carboxylic acids is 1. The van der Waals surface area contributed by atoms with Crippen LogP contribution in [0.25, 0.3) is 6.08 Å². The minimum absolute atomic E-state index is 0.0684. The average Bonchev–Trinajstić information content (AvgIpc) is 2.93. The summed E-state index contributed by atoms with van der Waals surface area (Å²) in [5, 5.41) is 12.3. The van der Waals surface area contributed by atoms with Gasteiger partial charge in [0.05, 0.1) is 4.91 Å². The fourth-order valence-electron chi connectivity index (χ4n) is 1.58. The third-order valence-corrected chi connectivity index (χ3v) is 4.65. The van der Waals surface area contributed by atoms with Gasteiger partial charge in [0.1, 0.15) is 4.32 Å². The van der Waals surface area contributed by atoms with E-state index in [2.05, 4.69) is 0 Å². The Bertz CT molecular complexity index is 536. The van der Waals surface area contributed by atoms with Crippen LogP contribution in [0.15, 0.2) is 22.4 Å². The highest BCUT2D eigenvalue weighted by Gasteiger charge is 2.31. The van der Waals surface area contributed by atoms with Crippen molar-refractivity contribution in [2.24, 2.45) is 0 Å². The number of thiocarbonyl (C=S) groups is 1.